The van der Waals surface area contributed by atoms with Gasteiger partial charge in [-0.2, -0.15) is 0 Å². The third-order valence-electron chi connectivity index (χ3n) is 15.5. The first-order valence-electron chi connectivity index (χ1n) is 24.1. The van der Waals surface area contributed by atoms with Crippen molar-refractivity contribution in [2.24, 2.45) is 0 Å². The normalized spacial score (nSPS) is 15.0. The van der Waals surface area contributed by atoms with Gasteiger partial charge < -0.3 is 14.2 Å². The van der Waals surface area contributed by atoms with E-state index in [-0.39, 0.29) is 0 Å². The van der Waals surface area contributed by atoms with Crippen LogP contribution in [0.15, 0.2) is 211 Å². The van der Waals surface area contributed by atoms with Gasteiger partial charge in [0.2, 0.25) is 0 Å². The molecule has 10 aromatic carbocycles. The van der Waals surface area contributed by atoms with Crippen LogP contribution in [0.1, 0.15) is 71.4 Å². The summed E-state index contributed by atoms with van der Waals surface area (Å²) in [5.74, 6) is 0.516. The molecule has 14 rings (SSSR count). The van der Waals surface area contributed by atoms with E-state index < -0.39 is 5.41 Å². The highest BCUT2D eigenvalue weighted by Crippen LogP contribution is 2.66. The van der Waals surface area contributed by atoms with Crippen molar-refractivity contribution in [2.45, 2.75) is 50.4 Å². The third kappa shape index (κ3) is 5.40. The van der Waals surface area contributed by atoms with Gasteiger partial charge in [-0.3, -0.25) is 0 Å². The molecule has 0 bridgehead atoms. The molecule has 1 saturated carbocycles. The van der Waals surface area contributed by atoms with Gasteiger partial charge in [0.25, 0.3) is 0 Å². The number of fused-ring (bicyclic) bond motifs is 16. The van der Waals surface area contributed by atoms with Crippen molar-refractivity contribution >= 4 is 77.6 Å². The summed E-state index contributed by atoms with van der Waals surface area (Å²) in [6.45, 7) is 2.24. The van der Waals surface area contributed by atoms with Crippen LogP contribution < -0.4 is 9.80 Å². The van der Waals surface area contributed by atoms with E-state index in [2.05, 4.69) is 223 Å². The lowest BCUT2D eigenvalue weighted by molar-refractivity contribution is 0.442. The SMILES string of the molecule is Cc1ccccc1N(c1cc2c(c3ccccc13)-c1c(ccc3ccccc13)C21c2ccccc2N(c2ccccc2)c2ccccc21)c1cccc2c1oc1c(C3CCCCC3)cccc12. The standard InChI is InChI=1S/C64H48N2O/c1-41-20-8-15-34-55(41)66(58-37-19-31-50-49-30-18-29-46(62(49)67-63(50)58)42-21-4-2-5-22-42)59-40-54-61(48-28-12-11-27-47(48)59)60-45-26-10-9-23-43(45)38-39-53(60)64(54)51-32-13-16-35-56(51)65(44-24-6-3-7-25-44)57-36-17-14-33-52(57)64/h3,6-20,23-40,42H,2,4-5,21-22H2,1H3. The van der Waals surface area contributed by atoms with Crippen LogP contribution in [-0.2, 0) is 5.41 Å². The second-order valence-corrected chi connectivity index (χ2v) is 19.0. The molecular weight excluding hydrogens is 813 g/mol. The first kappa shape index (κ1) is 38.4. The fraction of sp³-hybridized carbons (Fsp3) is 0.125. The number of aryl methyl sites for hydroxylation is 1. The Morgan fingerprint density at radius 2 is 1.04 bits per heavy atom. The van der Waals surface area contributed by atoms with Crippen molar-refractivity contribution in [3.63, 3.8) is 0 Å². The fourth-order valence-corrected chi connectivity index (χ4v) is 12.7. The Kier molecular flexibility index (Phi) is 8.49. The smallest absolute Gasteiger partial charge is 0.159 e. The van der Waals surface area contributed by atoms with Crippen LogP contribution in [-0.4, -0.2) is 0 Å². The molecule has 3 nitrogen and oxygen atoms in total. The maximum Gasteiger partial charge on any atom is 0.159 e. The molecule has 0 saturated heterocycles. The van der Waals surface area contributed by atoms with Crippen LogP contribution >= 0.6 is 0 Å². The molecule has 1 aromatic heterocycles. The van der Waals surface area contributed by atoms with Crippen molar-refractivity contribution in [3.8, 4) is 11.1 Å². The molecular formula is C64H48N2O. The Morgan fingerprint density at radius 3 is 1.82 bits per heavy atom. The largest absolute Gasteiger partial charge is 0.454 e. The summed E-state index contributed by atoms with van der Waals surface area (Å²) in [6, 6.07) is 77.1. The average molecular weight is 861 g/mol. The Balaban J connectivity index is 1.13. The maximum absolute atomic E-state index is 7.34. The molecule has 3 aliphatic rings. The van der Waals surface area contributed by atoms with Gasteiger partial charge in [-0.1, -0.05) is 183 Å². The number of furan rings is 1. The molecule has 0 atom stereocenters. The van der Waals surface area contributed by atoms with Gasteiger partial charge in [0.15, 0.2) is 5.58 Å². The number of rotatable bonds is 5. The zero-order valence-corrected chi connectivity index (χ0v) is 37.5. The van der Waals surface area contributed by atoms with Crippen molar-refractivity contribution < 1.29 is 4.42 Å². The van der Waals surface area contributed by atoms with E-state index in [9.17, 15) is 0 Å². The van der Waals surface area contributed by atoms with Crippen LogP contribution in [0.3, 0.4) is 0 Å². The Morgan fingerprint density at radius 1 is 0.448 bits per heavy atom. The van der Waals surface area contributed by atoms with Gasteiger partial charge in [-0.05, 0) is 129 Å². The molecule has 1 spiro atoms. The highest BCUT2D eigenvalue weighted by atomic mass is 16.3. The molecule has 0 unspecified atom stereocenters. The summed E-state index contributed by atoms with van der Waals surface area (Å²) in [6.07, 6.45) is 6.31. The van der Waals surface area contributed by atoms with Crippen LogP contribution in [0.4, 0.5) is 34.1 Å². The van der Waals surface area contributed by atoms with Gasteiger partial charge in [-0.15, -0.1) is 0 Å². The van der Waals surface area contributed by atoms with Crippen LogP contribution in [0.5, 0.6) is 0 Å². The highest BCUT2D eigenvalue weighted by Gasteiger charge is 2.53. The van der Waals surface area contributed by atoms with Crippen molar-refractivity contribution in [1.29, 1.82) is 0 Å². The summed E-state index contributed by atoms with van der Waals surface area (Å²) in [5.41, 5.74) is 18.4. The maximum atomic E-state index is 7.34. The van der Waals surface area contributed by atoms with Crippen LogP contribution in [0.2, 0.25) is 0 Å². The van der Waals surface area contributed by atoms with E-state index in [1.54, 1.807) is 0 Å². The first-order chi connectivity index (χ1) is 33.2. The highest BCUT2D eigenvalue weighted by molar-refractivity contribution is 6.18. The van der Waals surface area contributed by atoms with E-state index in [0.717, 1.165) is 39.3 Å². The van der Waals surface area contributed by atoms with E-state index in [1.807, 2.05) is 0 Å². The van der Waals surface area contributed by atoms with Crippen LogP contribution in [0.25, 0.3) is 54.6 Å². The monoisotopic (exact) mass is 860 g/mol. The molecule has 2 heterocycles. The summed E-state index contributed by atoms with van der Waals surface area (Å²) in [5, 5.41) is 7.29. The minimum atomic E-state index is -0.663. The minimum absolute atomic E-state index is 0.516. The summed E-state index contributed by atoms with van der Waals surface area (Å²) >= 11 is 0. The van der Waals surface area contributed by atoms with E-state index in [1.165, 1.54) is 115 Å². The fourth-order valence-electron chi connectivity index (χ4n) is 12.7. The number of nitrogens with zero attached hydrogens (tertiary/aromatic N) is 2. The number of hydrogen-bond acceptors (Lipinski definition) is 3. The van der Waals surface area contributed by atoms with Crippen molar-refractivity contribution in [2.75, 3.05) is 9.80 Å². The van der Waals surface area contributed by atoms with Gasteiger partial charge in [0, 0.05) is 27.5 Å². The molecule has 3 heteroatoms. The average Bonchev–Trinajstić information content (AvgIpc) is 3.93. The zero-order valence-electron chi connectivity index (χ0n) is 37.5. The summed E-state index contributed by atoms with van der Waals surface area (Å²) in [7, 11) is 0. The molecule has 0 amide bonds. The van der Waals surface area contributed by atoms with Crippen molar-refractivity contribution in [1.82, 2.24) is 0 Å². The molecule has 67 heavy (non-hydrogen) atoms. The predicted octanol–water partition coefficient (Wildman–Crippen LogP) is 17.9. The zero-order chi connectivity index (χ0) is 44.2. The molecule has 0 radical (unpaired) electrons. The molecule has 2 aliphatic carbocycles. The number of anilines is 6. The van der Waals surface area contributed by atoms with Crippen molar-refractivity contribution in [3.05, 3.63) is 240 Å². The molecule has 320 valence electrons. The van der Waals surface area contributed by atoms with Crippen LogP contribution in [0, 0.1) is 6.92 Å². The lowest BCUT2D eigenvalue weighted by atomic mass is 9.64. The number of benzene rings is 10. The molecule has 1 fully saturated rings. The first-order valence-corrected chi connectivity index (χ1v) is 24.1. The van der Waals surface area contributed by atoms with E-state index in [0.29, 0.717) is 5.92 Å². The minimum Gasteiger partial charge on any atom is -0.454 e. The molecule has 0 N–H and O–H groups in total. The number of para-hydroxylation sites is 6. The Bertz CT molecular complexity index is 3730. The molecule has 11 aromatic rings. The third-order valence-corrected chi connectivity index (χ3v) is 15.5. The molecule has 1 aliphatic heterocycles. The van der Waals surface area contributed by atoms with Gasteiger partial charge in [0.1, 0.15) is 5.58 Å². The van der Waals surface area contributed by atoms with Gasteiger partial charge >= 0.3 is 0 Å². The summed E-state index contributed by atoms with van der Waals surface area (Å²) < 4.78 is 7.34. The summed E-state index contributed by atoms with van der Waals surface area (Å²) in [4.78, 5) is 4.99. The lowest BCUT2D eigenvalue weighted by Gasteiger charge is -2.45. The topological polar surface area (TPSA) is 19.6 Å². The van der Waals surface area contributed by atoms with E-state index >= 15 is 0 Å². The van der Waals surface area contributed by atoms with E-state index in [4.69, 9.17) is 4.42 Å². The van der Waals surface area contributed by atoms with Gasteiger partial charge in [-0.25, -0.2) is 0 Å². The predicted molar refractivity (Wildman–Crippen MR) is 280 cm³/mol. The second kappa shape index (κ2) is 14.8. The Hall–Kier alpha value is -7.88. The Labute approximate surface area is 391 Å². The van der Waals surface area contributed by atoms with Gasteiger partial charge in [0.05, 0.1) is 28.2 Å². The lowest BCUT2D eigenvalue weighted by Crippen LogP contribution is -2.36. The second-order valence-electron chi connectivity index (χ2n) is 19.0. The quantitative estimate of drug-likeness (QED) is 0.172. The number of hydrogen-bond donors (Lipinski definition) is 0.